The summed E-state index contributed by atoms with van der Waals surface area (Å²) in [6.07, 6.45) is 0. The van der Waals surface area contributed by atoms with Crippen LogP contribution >= 0.6 is 11.6 Å². The Labute approximate surface area is 184 Å². The molecule has 7 nitrogen and oxygen atoms in total. The number of halogens is 1. The molecule has 154 valence electrons. The molecule has 1 amide bonds. The number of nitrogens with zero attached hydrogens (tertiary/aromatic N) is 3. The highest BCUT2D eigenvalue weighted by Gasteiger charge is 2.34. The Morgan fingerprint density at radius 3 is 2.58 bits per heavy atom. The van der Waals surface area contributed by atoms with E-state index in [9.17, 15) is 13.2 Å². The Morgan fingerprint density at radius 1 is 1.06 bits per heavy atom. The molecule has 1 heterocycles. The van der Waals surface area contributed by atoms with Crippen LogP contribution in [-0.2, 0) is 14.8 Å². The smallest absolute Gasteiger partial charge is 0.280 e. The van der Waals surface area contributed by atoms with E-state index in [0.717, 1.165) is 4.41 Å². The van der Waals surface area contributed by atoms with Crippen molar-refractivity contribution in [3.8, 4) is 6.07 Å². The van der Waals surface area contributed by atoms with Crippen molar-refractivity contribution in [3.05, 3.63) is 94.5 Å². The third kappa shape index (κ3) is 4.14. The summed E-state index contributed by atoms with van der Waals surface area (Å²) >= 11 is 6.11. The predicted octanol–water partition coefficient (Wildman–Crippen LogP) is 3.61. The van der Waals surface area contributed by atoms with Gasteiger partial charge in [0.15, 0.2) is 0 Å². The quantitative estimate of drug-likeness (QED) is 0.655. The lowest BCUT2D eigenvalue weighted by atomic mass is 10.0. The number of benzene rings is 3. The second-order valence-electron chi connectivity index (χ2n) is 6.68. The average Bonchev–Trinajstić information content (AvgIpc) is 2.76. The molecule has 0 radical (unpaired) electrons. The summed E-state index contributed by atoms with van der Waals surface area (Å²) < 4.78 is 27.0. The van der Waals surface area contributed by atoms with Crippen molar-refractivity contribution in [2.24, 2.45) is 5.10 Å². The lowest BCUT2D eigenvalue weighted by molar-refractivity contribution is -0.116. The fourth-order valence-corrected chi connectivity index (χ4v) is 4.71. The fraction of sp³-hybridized carbons (Fsp3) is 0.0455. The van der Waals surface area contributed by atoms with Gasteiger partial charge in [-0.1, -0.05) is 48.0 Å². The monoisotopic (exact) mass is 450 g/mol. The number of fused-ring (bicyclic) bond motifs is 1. The summed E-state index contributed by atoms with van der Waals surface area (Å²) in [7, 11) is -4.07. The zero-order chi connectivity index (χ0) is 22.0. The largest absolute Gasteiger partial charge is 0.324 e. The van der Waals surface area contributed by atoms with Crippen LogP contribution in [-0.4, -0.2) is 31.0 Å². The number of rotatable bonds is 4. The van der Waals surface area contributed by atoms with Crippen LogP contribution in [0.5, 0.6) is 0 Å². The van der Waals surface area contributed by atoms with Gasteiger partial charge in [-0.05, 0) is 36.4 Å². The van der Waals surface area contributed by atoms with Crippen molar-refractivity contribution in [1.29, 1.82) is 5.26 Å². The van der Waals surface area contributed by atoms with E-state index in [1.807, 2.05) is 24.3 Å². The fourth-order valence-electron chi connectivity index (χ4n) is 3.16. The van der Waals surface area contributed by atoms with Gasteiger partial charge in [0.1, 0.15) is 12.3 Å². The number of nitrogens with one attached hydrogen (secondary N) is 1. The van der Waals surface area contributed by atoms with Crippen LogP contribution in [0.15, 0.2) is 82.8 Å². The number of hydrazone groups is 1. The minimum absolute atomic E-state index is 0.0185. The Hall–Kier alpha value is -3.67. The van der Waals surface area contributed by atoms with Crippen LogP contribution < -0.4 is 5.32 Å². The maximum Gasteiger partial charge on any atom is 0.280 e. The van der Waals surface area contributed by atoms with Gasteiger partial charge in [0.25, 0.3) is 10.0 Å². The summed E-state index contributed by atoms with van der Waals surface area (Å²) in [6.45, 7) is -0.530. The number of carbonyl (C=O) groups is 1. The molecule has 31 heavy (non-hydrogen) atoms. The Morgan fingerprint density at radius 2 is 1.84 bits per heavy atom. The zero-order valence-electron chi connectivity index (χ0n) is 16.0. The zero-order valence-corrected chi connectivity index (χ0v) is 17.6. The second-order valence-corrected chi connectivity index (χ2v) is 8.93. The molecule has 0 saturated heterocycles. The average molecular weight is 451 g/mol. The van der Waals surface area contributed by atoms with Gasteiger partial charge in [-0.3, -0.25) is 4.79 Å². The first kappa shape index (κ1) is 20.6. The minimum Gasteiger partial charge on any atom is -0.324 e. The van der Waals surface area contributed by atoms with Crippen molar-refractivity contribution in [3.63, 3.8) is 0 Å². The van der Waals surface area contributed by atoms with Crippen LogP contribution in [0.4, 0.5) is 5.69 Å². The maximum absolute atomic E-state index is 13.1. The van der Waals surface area contributed by atoms with Gasteiger partial charge >= 0.3 is 0 Å². The molecule has 1 aliphatic rings. The predicted molar refractivity (Wildman–Crippen MR) is 117 cm³/mol. The normalized spacial score (nSPS) is 14.2. The maximum atomic E-state index is 13.1. The number of hydrogen-bond donors (Lipinski definition) is 1. The highest BCUT2D eigenvalue weighted by Crippen LogP contribution is 2.31. The highest BCUT2D eigenvalue weighted by molar-refractivity contribution is 7.89. The molecule has 3 aromatic carbocycles. The molecule has 0 atom stereocenters. The molecule has 0 saturated carbocycles. The third-order valence-corrected chi connectivity index (χ3v) is 6.48. The van der Waals surface area contributed by atoms with Gasteiger partial charge in [-0.25, -0.2) is 0 Å². The Bertz CT molecular complexity index is 1350. The topological polar surface area (TPSA) is 103 Å². The van der Waals surface area contributed by atoms with E-state index in [1.54, 1.807) is 36.4 Å². The molecular weight excluding hydrogens is 436 g/mol. The van der Waals surface area contributed by atoms with E-state index in [-0.39, 0.29) is 4.90 Å². The van der Waals surface area contributed by atoms with Gasteiger partial charge in [0, 0.05) is 21.8 Å². The third-order valence-electron chi connectivity index (χ3n) is 4.57. The summed E-state index contributed by atoms with van der Waals surface area (Å²) in [6, 6.07) is 21.8. The van der Waals surface area contributed by atoms with E-state index in [0.29, 0.717) is 33.1 Å². The number of anilines is 1. The van der Waals surface area contributed by atoms with E-state index >= 15 is 0 Å². The molecule has 1 N–H and O–H groups in total. The molecule has 1 aliphatic heterocycles. The van der Waals surface area contributed by atoms with Crippen molar-refractivity contribution in [2.45, 2.75) is 4.90 Å². The number of amides is 1. The molecule has 0 unspecified atom stereocenters. The molecule has 0 aliphatic carbocycles. The van der Waals surface area contributed by atoms with Crippen LogP contribution in [0.2, 0.25) is 5.02 Å². The number of hydrogen-bond acceptors (Lipinski definition) is 5. The summed E-state index contributed by atoms with van der Waals surface area (Å²) in [4.78, 5) is 12.6. The summed E-state index contributed by atoms with van der Waals surface area (Å²) in [5.74, 6) is -0.591. The molecule has 4 rings (SSSR count). The summed E-state index contributed by atoms with van der Waals surface area (Å²) in [5.41, 5.74) is 2.22. The number of carbonyl (C=O) groups excluding carboxylic acids is 1. The van der Waals surface area contributed by atoms with Crippen molar-refractivity contribution < 1.29 is 13.2 Å². The van der Waals surface area contributed by atoms with Gasteiger partial charge in [0.05, 0.1) is 16.5 Å². The van der Waals surface area contributed by atoms with E-state index in [4.69, 9.17) is 16.9 Å². The highest BCUT2D eigenvalue weighted by atomic mass is 35.5. The molecular formula is C22H15ClN4O3S. The first-order chi connectivity index (χ1) is 14.9. The van der Waals surface area contributed by atoms with Crippen molar-refractivity contribution in [2.75, 3.05) is 11.9 Å². The molecule has 9 heteroatoms. The first-order valence-electron chi connectivity index (χ1n) is 9.15. The van der Waals surface area contributed by atoms with Crippen LogP contribution in [0.3, 0.4) is 0 Å². The van der Waals surface area contributed by atoms with Crippen LogP contribution in [0.25, 0.3) is 0 Å². The molecule has 0 spiro atoms. The standard InChI is InChI=1S/C22H15ClN4O3S/c23-17-9-10-20-19(12-17)22(16-6-2-1-3-7-16)26-27(31(20,29)30)14-21(28)25-18-8-4-5-15(11-18)13-24/h1-12H,14H2,(H,25,28). The van der Waals surface area contributed by atoms with Gasteiger partial charge in [0.2, 0.25) is 5.91 Å². The van der Waals surface area contributed by atoms with Gasteiger partial charge in [-0.15, -0.1) is 0 Å². The van der Waals surface area contributed by atoms with Gasteiger partial charge in [-0.2, -0.15) is 23.2 Å². The second kappa shape index (κ2) is 8.22. The molecule has 0 bridgehead atoms. The van der Waals surface area contributed by atoms with Gasteiger partial charge < -0.3 is 5.32 Å². The van der Waals surface area contributed by atoms with E-state index < -0.39 is 22.5 Å². The minimum atomic E-state index is -4.07. The first-order valence-corrected chi connectivity index (χ1v) is 11.0. The van der Waals surface area contributed by atoms with E-state index in [2.05, 4.69) is 10.4 Å². The lowest BCUT2D eigenvalue weighted by Gasteiger charge is -2.27. The van der Waals surface area contributed by atoms with Crippen LogP contribution in [0, 0.1) is 11.3 Å². The SMILES string of the molecule is N#Cc1cccc(NC(=O)CN2N=C(c3ccccc3)c3cc(Cl)ccc3S2(=O)=O)c1. The number of nitriles is 1. The Balaban J connectivity index is 1.71. The lowest BCUT2D eigenvalue weighted by Crippen LogP contribution is -2.38. The molecule has 0 aromatic heterocycles. The summed E-state index contributed by atoms with van der Waals surface area (Å²) in [5, 5.41) is 16.3. The Kier molecular flexibility index (Phi) is 5.46. The van der Waals surface area contributed by atoms with Crippen molar-refractivity contribution in [1.82, 2.24) is 4.41 Å². The molecule has 3 aromatic rings. The van der Waals surface area contributed by atoms with Crippen molar-refractivity contribution >= 4 is 38.9 Å². The van der Waals surface area contributed by atoms with E-state index in [1.165, 1.54) is 18.2 Å². The number of sulfonamides is 1. The van der Waals surface area contributed by atoms with Crippen LogP contribution in [0.1, 0.15) is 16.7 Å². The molecule has 0 fully saturated rings.